The van der Waals surface area contributed by atoms with E-state index >= 15 is 0 Å². The summed E-state index contributed by atoms with van der Waals surface area (Å²) in [6.45, 7) is 5.99. The smallest absolute Gasteiger partial charge is 0.270 e. The largest absolute Gasteiger partial charge is 0.493 e. The average Bonchev–Trinajstić information content (AvgIpc) is 2.76. The number of benzene rings is 2. The lowest BCUT2D eigenvalue weighted by Crippen LogP contribution is -2.54. The van der Waals surface area contributed by atoms with Crippen molar-refractivity contribution in [3.63, 3.8) is 0 Å². The summed E-state index contributed by atoms with van der Waals surface area (Å²) in [5.41, 5.74) is 2.27. The van der Waals surface area contributed by atoms with Gasteiger partial charge in [-0.1, -0.05) is 31.7 Å². The molecule has 160 valence electrons. The number of hydrogen-bond donors (Lipinski definition) is 1. The second kappa shape index (κ2) is 9.89. The topological polar surface area (TPSA) is 67.9 Å². The molecule has 8 heteroatoms. The Kier molecular flexibility index (Phi) is 7.25. The number of halogens is 1. The van der Waals surface area contributed by atoms with Gasteiger partial charge in [0.2, 0.25) is 0 Å². The molecule has 3 rings (SSSR count). The van der Waals surface area contributed by atoms with Gasteiger partial charge in [0, 0.05) is 0 Å². The maximum absolute atomic E-state index is 13.2. The van der Waals surface area contributed by atoms with Gasteiger partial charge in [0.25, 0.3) is 11.8 Å². The van der Waals surface area contributed by atoms with E-state index in [2.05, 4.69) is 27.8 Å². The van der Waals surface area contributed by atoms with Crippen LogP contribution in [-0.2, 0) is 16.0 Å². The van der Waals surface area contributed by atoms with Crippen LogP contribution in [0.3, 0.4) is 0 Å². The molecule has 0 spiro atoms. The minimum absolute atomic E-state index is 0.0399. The zero-order chi connectivity index (χ0) is 22.5. The summed E-state index contributed by atoms with van der Waals surface area (Å²) >= 11 is 8.70. The molecule has 6 nitrogen and oxygen atoms in total. The van der Waals surface area contributed by atoms with Gasteiger partial charge in [-0.15, -0.1) is 0 Å². The van der Waals surface area contributed by atoms with Crippen LogP contribution >= 0.6 is 28.1 Å². The number of methoxy groups -OCH3 is 1. The minimum atomic E-state index is -0.557. The van der Waals surface area contributed by atoms with Crippen molar-refractivity contribution in [2.45, 2.75) is 13.3 Å². The normalized spacial score (nSPS) is 15.1. The highest BCUT2D eigenvalue weighted by atomic mass is 79.9. The highest BCUT2D eigenvalue weighted by molar-refractivity contribution is 9.10. The van der Waals surface area contributed by atoms with Gasteiger partial charge in [0.1, 0.15) is 12.2 Å². The number of nitrogens with one attached hydrogen (secondary N) is 1. The summed E-state index contributed by atoms with van der Waals surface area (Å²) in [6.07, 6.45) is 4.00. The molecule has 2 aromatic rings. The van der Waals surface area contributed by atoms with Crippen LogP contribution in [0.2, 0.25) is 0 Å². The third-order valence-electron chi connectivity index (χ3n) is 4.61. The summed E-state index contributed by atoms with van der Waals surface area (Å²) in [4.78, 5) is 27.1. The number of amides is 2. The number of ether oxygens (including phenoxy) is 2. The third-order valence-corrected chi connectivity index (χ3v) is 5.49. The number of anilines is 1. The van der Waals surface area contributed by atoms with E-state index in [4.69, 9.17) is 21.7 Å². The predicted molar refractivity (Wildman–Crippen MR) is 128 cm³/mol. The van der Waals surface area contributed by atoms with Crippen molar-refractivity contribution in [3.8, 4) is 11.5 Å². The van der Waals surface area contributed by atoms with Gasteiger partial charge in [-0.2, -0.15) is 0 Å². The summed E-state index contributed by atoms with van der Waals surface area (Å²) in [5.74, 6) is -0.101. The first-order chi connectivity index (χ1) is 14.9. The maximum Gasteiger partial charge on any atom is 0.270 e. The van der Waals surface area contributed by atoms with Gasteiger partial charge in [-0.25, -0.2) is 0 Å². The standard InChI is InChI=1S/C23H21BrN2O4S/c1-4-10-30-20-18(24)12-15(13-19(20)29-3)11-17-21(27)25-23(31)26(22(17)28)16-8-6-14(5-2)7-9-16/h4,6-9,11-13H,1,5,10H2,2-3H3,(H,25,27,31)/b17-11+. The summed E-state index contributed by atoms with van der Waals surface area (Å²) in [5, 5.41) is 2.64. The molecule has 1 fully saturated rings. The molecular formula is C23H21BrN2O4S. The average molecular weight is 501 g/mol. The van der Waals surface area contributed by atoms with Gasteiger partial charge in [-0.05, 0) is 76.0 Å². The van der Waals surface area contributed by atoms with Crippen LogP contribution in [0.1, 0.15) is 18.1 Å². The highest BCUT2D eigenvalue weighted by Crippen LogP contribution is 2.37. The van der Waals surface area contributed by atoms with Crippen LogP contribution in [0, 0.1) is 0 Å². The third kappa shape index (κ3) is 4.86. The van der Waals surface area contributed by atoms with Crippen LogP contribution < -0.4 is 19.7 Å². The molecule has 31 heavy (non-hydrogen) atoms. The molecule has 0 atom stereocenters. The first-order valence-corrected chi connectivity index (χ1v) is 10.7. The van der Waals surface area contributed by atoms with E-state index in [1.807, 2.05) is 31.2 Å². The van der Waals surface area contributed by atoms with E-state index < -0.39 is 11.8 Å². The van der Waals surface area contributed by atoms with Crippen molar-refractivity contribution in [2.75, 3.05) is 18.6 Å². The van der Waals surface area contributed by atoms with E-state index in [9.17, 15) is 9.59 Å². The van der Waals surface area contributed by atoms with Gasteiger partial charge < -0.3 is 9.47 Å². The van der Waals surface area contributed by atoms with Crippen molar-refractivity contribution < 1.29 is 19.1 Å². The molecule has 2 amide bonds. The zero-order valence-corrected chi connectivity index (χ0v) is 19.5. The fraction of sp³-hybridized carbons (Fsp3) is 0.174. The number of aryl methyl sites for hydroxylation is 1. The van der Waals surface area contributed by atoms with Gasteiger partial charge >= 0.3 is 0 Å². The molecule has 0 aliphatic carbocycles. The van der Waals surface area contributed by atoms with Crippen molar-refractivity contribution >= 4 is 56.8 Å². The van der Waals surface area contributed by atoms with Gasteiger partial charge in [-0.3, -0.25) is 19.8 Å². The SMILES string of the molecule is C=CCOc1c(Br)cc(/C=C2\C(=O)NC(=S)N(c3ccc(CC)cc3)C2=O)cc1OC. The minimum Gasteiger partial charge on any atom is -0.493 e. The van der Waals surface area contributed by atoms with Crippen LogP contribution in [-0.4, -0.2) is 30.6 Å². The lowest BCUT2D eigenvalue weighted by Gasteiger charge is -2.29. The fourth-order valence-corrected chi connectivity index (χ4v) is 3.90. The quantitative estimate of drug-likeness (QED) is 0.264. The maximum atomic E-state index is 13.2. The van der Waals surface area contributed by atoms with Gasteiger partial charge in [0.05, 0.1) is 17.3 Å². The Morgan fingerprint density at radius 3 is 2.55 bits per heavy atom. The molecule has 1 heterocycles. The van der Waals surface area contributed by atoms with E-state index in [1.54, 1.807) is 18.2 Å². The summed E-state index contributed by atoms with van der Waals surface area (Å²) in [7, 11) is 1.51. The highest BCUT2D eigenvalue weighted by Gasteiger charge is 2.34. The molecule has 0 saturated carbocycles. The van der Waals surface area contributed by atoms with Crippen LogP contribution in [0.15, 0.2) is 59.1 Å². The lowest BCUT2D eigenvalue weighted by molar-refractivity contribution is -0.122. The van der Waals surface area contributed by atoms with Gasteiger partial charge in [0.15, 0.2) is 16.6 Å². The number of thiocarbonyl (C=S) groups is 1. The molecule has 0 aromatic heterocycles. The van der Waals surface area contributed by atoms with E-state index in [-0.39, 0.29) is 10.7 Å². The Bertz CT molecular complexity index is 1080. The summed E-state index contributed by atoms with van der Waals surface area (Å²) < 4.78 is 11.6. The van der Waals surface area contributed by atoms with Crippen LogP contribution in [0.25, 0.3) is 6.08 Å². The number of rotatable bonds is 7. The molecule has 0 unspecified atom stereocenters. The second-order valence-electron chi connectivity index (χ2n) is 6.61. The molecule has 2 aromatic carbocycles. The Balaban J connectivity index is 1.99. The van der Waals surface area contributed by atoms with Crippen LogP contribution in [0.5, 0.6) is 11.5 Å². The molecule has 1 saturated heterocycles. The number of carbonyl (C=O) groups is 2. The Hall–Kier alpha value is -2.97. The Morgan fingerprint density at radius 2 is 1.94 bits per heavy atom. The first-order valence-electron chi connectivity index (χ1n) is 9.51. The Morgan fingerprint density at radius 1 is 1.23 bits per heavy atom. The molecule has 0 bridgehead atoms. The summed E-state index contributed by atoms with van der Waals surface area (Å²) in [6, 6.07) is 10.9. The van der Waals surface area contributed by atoms with Crippen molar-refractivity contribution in [1.29, 1.82) is 0 Å². The van der Waals surface area contributed by atoms with Crippen molar-refractivity contribution in [2.24, 2.45) is 0 Å². The zero-order valence-electron chi connectivity index (χ0n) is 17.1. The fourth-order valence-electron chi connectivity index (χ4n) is 3.04. The predicted octanol–water partition coefficient (Wildman–Crippen LogP) is 4.42. The van der Waals surface area contributed by atoms with Crippen LogP contribution in [0.4, 0.5) is 5.69 Å². The van der Waals surface area contributed by atoms with Crippen molar-refractivity contribution in [1.82, 2.24) is 5.32 Å². The molecule has 1 aliphatic rings. The molecule has 1 aliphatic heterocycles. The van der Waals surface area contributed by atoms with E-state index in [0.717, 1.165) is 12.0 Å². The monoisotopic (exact) mass is 500 g/mol. The van der Waals surface area contributed by atoms with E-state index in [0.29, 0.717) is 33.8 Å². The molecule has 1 N–H and O–H groups in total. The molecule has 0 radical (unpaired) electrons. The molecular weight excluding hydrogens is 480 g/mol. The van der Waals surface area contributed by atoms with E-state index in [1.165, 1.54) is 18.1 Å². The second-order valence-corrected chi connectivity index (χ2v) is 7.85. The number of nitrogens with zero attached hydrogens (tertiary/aromatic N) is 1. The first kappa shape index (κ1) is 22.7. The lowest BCUT2D eigenvalue weighted by atomic mass is 10.1. The van der Waals surface area contributed by atoms with Crippen molar-refractivity contribution in [3.05, 3.63) is 70.2 Å². The number of carbonyl (C=O) groups excluding carboxylic acids is 2. The number of hydrogen-bond acceptors (Lipinski definition) is 5. The Labute approximate surface area is 194 Å².